The molecule has 5 heteroatoms. The Bertz CT molecular complexity index is 736. The zero-order valence-corrected chi connectivity index (χ0v) is 13.8. The van der Waals surface area contributed by atoms with E-state index in [9.17, 15) is 18.7 Å². The van der Waals surface area contributed by atoms with Crippen LogP contribution in [-0.4, -0.2) is 24.2 Å². The fraction of sp³-hybridized carbons (Fsp3) is 0.350. The van der Waals surface area contributed by atoms with Crippen LogP contribution in [0.4, 0.5) is 8.78 Å². The van der Waals surface area contributed by atoms with Gasteiger partial charge in [0.25, 0.3) is 0 Å². The lowest BCUT2D eigenvalue weighted by Crippen LogP contribution is -2.30. The summed E-state index contributed by atoms with van der Waals surface area (Å²) in [5.41, 5.74) is 1.46. The summed E-state index contributed by atoms with van der Waals surface area (Å²) >= 11 is 0. The highest BCUT2D eigenvalue weighted by Gasteiger charge is 2.45. The van der Waals surface area contributed by atoms with Crippen molar-refractivity contribution in [3.05, 3.63) is 71.3 Å². The molecule has 3 nitrogen and oxygen atoms in total. The summed E-state index contributed by atoms with van der Waals surface area (Å²) in [4.78, 5) is 12.3. The van der Waals surface area contributed by atoms with Gasteiger partial charge in [0.05, 0.1) is 0 Å². The molecule has 0 saturated heterocycles. The second-order valence-corrected chi connectivity index (χ2v) is 6.48. The molecule has 132 valence electrons. The highest BCUT2D eigenvalue weighted by molar-refractivity contribution is 5.83. The molecule has 1 fully saturated rings. The Morgan fingerprint density at radius 2 is 1.96 bits per heavy atom. The van der Waals surface area contributed by atoms with Crippen LogP contribution in [0.15, 0.2) is 48.5 Å². The predicted molar refractivity (Wildman–Crippen MR) is 91.1 cm³/mol. The smallest absolute Gasteiger partial charge is 0.223 e. The van der Waals surface area contributed by atoms with Crippen LogP contribution in [0.25, 0.3) is 0 Å². The molecule has 3 unspecified atom stereocenters. The van der Waals surface area contributed by atoms with Crippen molar-refractivity contribution in [2.75, 3.05) is 13.2 Å². The normalized spacial score (nSPS) is 20.1. The molecule has 0 spiro atoms. The van der Waals surface area contributed by atoms with Crippen LogP contribution in [0.3, 0.4) is 0 Å². The molecule has 0 aromatic heterocycles. The van der Waals surface area contributed by atoms with Crippen molar-refractivity contribution in [1.29, 1.82) is 0 Å². The Morgan fingerprint density at radius 1 is 1.20 bits per heavy atom. The molecule has 0 aliphatic heterocycles. The van der Waals surface area contributed by atoms with E-state index in [0.717, 1.165) is 11.6 Å². The number of nitrogens with one attached hydrogen (secondary N) is 1. The van der Waals surface area contributed by atoms with Crippen LogP contribution in [-0.2, 0) is 4.79 Å². The molecule has 1 saturated carbocycles. The van der Waals surface area contributed by atoms with E-state index in [1.165, 1.54) is 12.1 Å². The lowest BCUT2D eigenvalue weighted by atomic mass is 9.96. The summed E-state index contributed by atoms with van der Waals surface area (Å²) in [5.74, 6) is -1.75. The van der Waals surface area contributed by atoms with Crippen LogP contribution in [0.2, 0.25) is 0 Å². The van der Waals surface area contributed by atoms with Crippen LogP contribution >= 0.6 is 0 Å². The standard InChI is InChI=1S/C20H21F2NO2/c21-15-6-7-16(19(22)10-15)17-11-18(17)20(25)23-12-14(8-9-24)13-4-2-1-3-5-13/h1-7,10,14,17-18,24H,8-9,11-12H2,(H,23,25). The van der Waals surface area contributed by atoms with E-state index < -0.39 is 11.6 Å². The SMILES string of the molecule is O=C(NCC(CCO)c1ccccc1)C1CC1c1ccc(F)cc1F. The van der Waals surface area contributed by atoms with Crippen LogP contribution in [0, 0.1) is 17.6 Å². The molecule has 2 aromatic rings. The van der Waals surface area contributed by atoms with E-state index in [1.54, 1.807) is 0 Å². The van der Waals surface area contributed by atoms with Crippen molar-refractivity contribution in [1.82, 2.24) is 5.32 Å². The zero-order valence-electron chi connectivity index (χ0n) is 13.8. The first-order chi connectivity index (χ1) is 12.1. The maximum absolute atomic E-state index is 13.8. The van der Waals surface area contributed by atoms with Gasteiger partial charge in [0, 0.05) is 31.1 Å². The second-order valence-electron chi connectivity index (χ2n) is 6.48. The summed E-state index contributed by atoms with van der Waals surface area (Å²) in [6.45, 7) is 0.473. The van der Waals surface area contributed by atoms with Gasteiger partial charge in [0.1, 0.15) is 11.6 Å². The minimum Gasteiger partial charge on any atom is -0.396 e. The predicted octanol–water partition coefficient (Wildman–Crippen LogP) is 3.35. The number of aliphatic hydroxyl groups excluding tert-OH is 1. The number of carbonyl (C=O) groups excluding carboxylic acids is 1. The van der Waals surface area contributed by atoms with Crippen molar-refractivity contribution in [2.24, 2.45) is 5.92 Å². The lowest BCUT2D eigenvalue weighted by Gasteiger charge is -2.17. The number of aliphatic hydroxyl groups is 1. The molecule has 2 aromatic carbocycles. The first kappa shape index (κ1) is 17.5. The van der Waals surface area contributed by atoms with Crippen LogP contribution in [0.1, 0.15) is 35.8 Å². The van der Waals surface area contributed by atoms with Crippen LogP contribution < -0.4 is 5.32 Å². The minimum absolute atomic E-state index is 0.0370. The Balaban J connectivity index is 1.57. The van der Waals surface area contributed by atoms with Gasteiger partial charge in [-0.15, -0.1) is 0 Å². The van der Waals surface area contributed by atoms with Gasteiger partial charge in [-0.2, -0.15) is 0 Å². The average molecular weight is 345 g/mol. The van der Waals surface area contributed by atoms with E-state index >= 15 is 0 Å². The van der Waals surface area contributed by atoms with Gasteiger partial charge in [-0.25, -0.2) is 8.78 Å². The molecule has 1 amide bonds. The van der Waals surface area contributed by atoms with Gasteiger partial charge >= 0.3 is 0 Å². The van der Waals surface area contributed by atoms with E-state index in [-0.39, 0.29) is 30.3 Å². The maximum atomic E-state index is 13.8. The zero-order chi connectivity index (χ0) is 17.8. The van der Waals surface area contributed by atoms with Crippen molar-refractivity contribution in [3.8, 4) is 0 Å². The monoisotopic (exact) mass is 345 g/mol. The largest absolute Gasteiger partial charge is 0.396 e. The third-order valence-corrected chi connectivity index (χ3v) is 4.76. The highest BCUT2D eigenvalue weighted by Crippen LogP contribution is 2.48. The summed E-state index contributed by atoms with van der Waals surface area (Å²) < 4.78 is 26.8. The number of benzene rings is 2. The minimum atomic E-state index is -0.613. The fourth-order valence-electron chi connectivity index (χ4n) is 3.25. The molecular weight excluding hydrogens is 324 g/mol. The van der Waals surface area contributed by atoms with Crippen molar-refractivity contribution in [3.63, 3.8) is 0 Å². The Hall–Kier alpha value is -2.27. The van der Waals surface area contributed by atoms with E-state index in [4.69, 9.17) is 0 Å². The average Bonchev–Trinajstić information content (AvgIpc) is 3.39. The van der Waals surface area contributed by atoms with Crippen molar-refractivity contribution in [2.45, 2.75) is 24.7 Å². The van der Waals surface area contributed by atoms with Gasteiger partial charge < -0.3 is 10.4 Å². The number of hydrogen-bond acceptors (Lipinski definition) is 2. The van der Waals surface area contributed by atoms with Gasteiger partial charge in [-0.3, -0.25) is 4.79 Å². The first-order valence-electron chi connectivity index (χ1n) is 8.48. The number of amides is 1. The fourth-order valence-corrected chi connectivity index (χ4v) is 3.25. The van der Waals surface area contributed by atoms with Gasteiger partial charge in [-0.1, -0.05) is 36.4 Å². The number of halogens is 2. The molecule has 0 radical (unpaired) electrons. The lowest BCUT2D eigenvalue weighted by molar-refractivity contribution is -0.122. The molecule has 1 aliphatic rings. The molecule has 1 aliphatic carbocycles. The van der Waals surface area contributed by atoms with E-state index in [0.29, 0.717) is 24.9 Å². The molecule has 2 N–H and O–H groups in total. The molecule has 0 heterocycles. The second kappa shape index (κ2) is 7.74. The Kier molecular flexibility index (Phi) is 5.43. The summed E-state index contributed by atoms with van der Waals surface area (Å²) in [5, 5.41) is 12.2. The number of rotatable bonds is 7. The molecule has 25 heavy (non-hydrogen) atoms. The highest BCUT2D eigenvalue weighted by atomic mass is 19.1. The maximum Gasteiger partial charge on any atom is 0.223 e. The van der Waals surface area contributed by atoms with Crippen LogP contribution in [0.5, 0.6) is 0 Å². The van der Waals surface area contributed by atoms with Crippen molar-refractivity contribution < 1.29 is 18.7 Å². The molecular formula is C20H21F2NO2. The summed E-state index contributed by atoms with van der Waals surface area (Å²) in [6, 6.07) is 13.2. The van der Waals surface area contributed by atoms with E-state index in [1.807, 2.05) is 30.3 Å². The Morgan fingerprint density at radius 3 is 2.64 bits per heavy atom. The number of hydrogen-bond donors (Lipinski definition) is 2. The third kappa shape index (κ3) is 4.23. The topological polar surface area (TPSA) is 49.3 Å². The van der Waals surface area contributed by atoms with Gasteiger partial charge in [0.15, 0.2) is 0 Å². The first-order valence-corrected chi connectivity index (χ1v) is 8.48. The molecule has 3 rings (SSSR count). The number of carbonyl (C=O) groups is 1. The van der Waals surface area contributed by atoms with Crippen molar-refractivity contribution >= 4 is 5.91 Å². The summed E-state index contributed by atoms with van der Waals surface area (Å²) in [7, 11) is 0. The van der Waals surface area contributed by atoms with Gasteiger partial charge in [0.2, 0.25) is 5.91 Å². The quantitative estimate of drug-likeness (QED) is 0.808. The Labute approximate surface area is 145 Å². The van der Waals surface area contributed by atoms with E-state index in [2.05, 4.69) is 5.32 Å². The molecule has 3 atom stereocenters. The van der Waals surface area contributed by atoms with Gasteiger partial charge in [-0.05, 0) is 36.0 Å². The third-order valence-electron chi connectivity index (χ3n) is 4.76. The molecule has 0 bridgehead atoms. The summed E-state index contributed by atoms with van der Waals surface area (Å²) in [6.07, 6.45) is 1.13.